The van der Waals surface area contributed by atoms with Crippen molar-refractivity contribution in [1.82, 2.24) is 5.32 Å². The molecule has 1 aromatic carbocycles. The van der Waals surface area contributed by atoms with Gasteiger partial charge in [-0.1, -0.05) is 6.07 Å². The number of aliphatic imine (C=N–C) groups is 1. The van der Waals surface area contributed by atoms with Crippen molar-refractivity contribution in [2.75, 3.05) is 13.7 Å². The molecule has 1 aromatic rings. The number of phenolic OH excluding ortho intramolecular Hbond substituents is 1. The van der Waals surface area contributed by atoms with Crippen LogP contribution in [-0.2, 0) is 11.3 Å². The van der Waals surface area contributed by atoms with Gasteiger partial charge in [0.1, 0.15) is 0 Å². The molecule has 0 aliphatic heterocycles. The van der Waals surface area contributed by atoms with Crippen LogP contribution in [0.4, 0.5) is 4.39 Å². The molecule has 0 fully saturated rings. The molecule has 108 valence electrons. The van der Waals surface area contributed by atoms with Gasteiger partial charge in [0.15, 0.2) is 17.5 Å². The van der Waals surface area contributed by atoms with Gasteiger partial charge in [0.2, 0.25) is 0 Å². The number of aromatic hydroxyl groups is 1. The minimum Gasteiger partial charge on any atom is -0.505 e. The van der Waals surface area contributed by atoms with Gasteiger partial charge in [-0.05, 0) is 24.6 Å². The molecule has 0 heterocycles. The second-order valence-electron chi connectivity index (χ2n) is 3.99. The summed E-state index contributed by atoms with van der Waals surface area (Å²) in [6.07, 6.45) is 0. The molecule has 4 N–H and O–H groups in total. The predicted molar refractivity (Wildman–Crippen MR) is 83.3 cm³/mol. The molecular weight excluding hydrogens is 364 g/mol. The van der Waals surface area contributed by atoms with E-state index < -0.39 is 5.82 Å². The molecule has 0 aromatic heterocycles. The number of rotatable bonds is 5. The van der Waals surface area contributed by atoms with Gasteiger partial charge in [0, 0.05) is 13.2 Å². The average Bonchev–Trinajstić information content (AvgIpc) is 2.31. The Morgan fingerprint density at radius 1 is 1.58 bits per heavy atom. The van der Waals surface area contributed by atoms with E-state index in [2.05, 4.69) is 10.3 Å². The summed E-state index contributed by atoms with van der Waals surface area (Å²) in [7, 11) is 1.60. The summed E-state index contributed by atoms with van der Waals surface area (Å²) in [5.41, 5.74) is 6.29. The van der Waals surface area contributed by atoms with Crippen LogP contribution in [0.5, 0.6) is 5.75 Å². The lowest BCUT2D eigenvalue weighted by molar-refractivity contribution is 0.179. The molecule has 0 amide bonds. The SMILES string of the molecule is COCC(C)NC(N)=NCc1ccc(O)c(F)c1.I. The van der Waals surface area contributed by atoms with Crippen LogP contribution in [0.15, 0.2) is 23.2 Å². The van der Waals surface area contributed by atoms with E-state index in [9.17, 15) is 4.39 Å². The Morgan fingerprint density at radius 2 is 2.26 bits per heavy atom. The highest BCUT2D eigenvalue weighted by Gasteiger charge is 2.03. The average molecular weight is 383 g/mol. The molecule has 1 atom stereocenters. The Morgan fingerprint density at radius 3 is 2.84 bits per heavy atom. The summed E-state index contributed by atoms with van der Waals surface area (Å²) in [5, 5.41) is 12.0. The maximum atomic E-state index is 13.1. The van der Waals surface area contributed by atoms with Gasteiger partial charge in [0.05, 0.1) is 13.2 Å². The lowest BCUT2D eigenvalue weighted by atomic mass is 10.2. The third-order valence-electron chi connectivity index (χ3n) is 2.26. The highest BCUT2D eigenvalue weighted by molar-refractivity contribution is 14.0. The van der Waals surface area contributed by atoms with Gasteiger partial charge < -0.3 is 20.9 Å². The molecule has 1 rings (SSSR count). The Kier molecular flexibility index (Phi) is 8.41. The zero-order chi connectivity index (χ0) is 13.5. The van der Waals surface area contributed by atoms with E-state index >= 15 is 0 Å². The van der Waals surface area contributed by atoms with Crippen molar-refractivity contribution in [3.63, 3.8) is 0 Å². The number of guanidine groups is 1. The smallest absolute Gasteiger partial charge is 0.189 e. The molecule has 5 nitrogen and oxygen atoms in total. The zero-order valence-corrected chi connectivity index (χ0v) is 13.2. The van der Waals surface area contributed by atoms with E-state index in [1.165, 1.54) is 12.1 Å². The standard InChI is InChI=1S/C12H18FN3O2.HI/c1-8(7-18-2)16-12(14)15-6-9-3-4-11(17)10(13)5-9;/h3-5,8,17H,6-7H2,1-2H3,(H3,14,15,16);1H. The van der Waals surface area contributed by atoms with Crippen LogP contribution in [0, 0.1) is 5.82 Å². The number of halogens is 2. The molecular formula is C12H19FIN3O2. The number of ether oxygens (including phenoxy) is 1. The van der Waals surface area contributed by atoms with Crippen LogP contribution >= 0.6 is 24.0 Å². The summed E-state index contributed by atoms with van der Waals surface area (Å²) >= 11 is 0. The second-order valence-corrected chi connectivity index (χ2v) is 3.99. The fourth-order valence-electron chi connectivity index (χ4n) is 1.41. The van der Waals surface area contributed by atoms with E-state index in [0.29, 0.717) is 12.2 Å². The minimum atomic E-state index is -0.665. The number of phenols is 1. The van der Waals surface area contributed by atoms with E-state index in [1.807, 2.05) is 6.92 Å². The summed E-state index contributed by atoms with van der Waals surface area (Å²) in [4.78, 5) is 4.07. The van der Waals surface area contributed by atoms with Crippen molar-refractivity contribution in [3.8, 4) is 5.75 Å². The molecule has 0 aliphatic carbocycles. The van der Waals surface area contributed by atoms with Gasteiger partial charge in [0.25, 0.3) is 0 Å². The lowest BCUT2D eigenvalue weighted by Gasteiger charge is -2.13. The molecule has 19 heavy (non-hydrogen) atoms. The summed E-state index contributed by atoms with van der Waals surface area (Å²) in [6, 6.07) is 4.16. The normalized spacial score (nSPS) is 12.7. The Bertz CT molecular complexity index is 429. The van der Waals surface area contributed by atoms with Crippen molar-refractivity contribution in [2.45, 2.75) is 19.5 Å². The van der Waals surface area contributed by atoms with Gasteiger partial charge in [-0.3, -0.25) is 0 Å². The number of nitrogens with zero attached hydrogens (tertiary/aromatic N) is 1. The summed E-state index contributed by atoms with van der Waals surface area (Å²) < 4.78 is 18.0. The summed E-state index contributed by atoms with van der Waals surface area (Å²) in [5.74, 6) is -0.766. The zero-order valence-electron chi connectivity index (χ0n) is 10.9. The monoisotopic (exact) mass is 383 g/mol. The molecule has 1 unspecified atom stereocenters. The first kappa shape index (κ1) is 17.9. The van der Waals surface area contributed by atoms with E-state index in [1.54, 1.807) is 13.2 Å². The van der Waals surface area contributed by atoms with Crippen LogP contribution in [0.25, 0.3) is 0 Å². The lowest BCUT2D eigenvalue weighted by Crippen LogP contribution is -2.40. The largest absolute Gasteiger partial charge is 0.505 e. The summed E-state index contributed by atoms with van der Waals surface area (Å²) in [6.45, 7) is 2.67. The number of benzene rings is 1. The Labute approximate surface area is 129 Å². The van der Waals surface area contributed by atoms with E-state index in [0.717, 1.165) is 0 Å². The topological polar surface area (TPSA) is 79.9 Å². The minimum absolute atomic E-state index is 0. The number of methoxy groups -OCH3 is 1. The highest BCUT2D eigenvalue weighted by Crippen LogP contribution is 2.16. The number of hydrogen-bond donors (Lipinski definition) is 3. The number of nitrogens with one attached hydrogen (secondary N) is 1. The van der Waals surface area contributed by atoms with Gasteiger partial charge in [-0.2, -0.15) is 0 Å². The van der Waals surface area contributed by atoms with Crippen molar-refractivity contribution in [1.29, 1.82) is 0 Å². The third-order valence-corrected chi connectivity index (χ3v) is 2.26. The number of hydrogen-bond acceptors (Lipinski definition) is 3. The van der Waals surface area contributed by atoms with Crippen LogP contribution in [-0.4, -0.2) is 30.8 Å². The second kappa shape index (κ2) is 8.92. The van der Waals surface area contributed by atoms with Crippen LogP contribution < -0.4 is 11.1 Å². The van der Waals surface area contributed by atoms with Crippen LogP contribution in [0.2, 0.25) is 0 Å². The third kappa shape index (κ3) is 6.58. The predicted octanol–water partition coefficient (Wildman–Crippen LogP) is 1.59. The maximum absolute atomic E-state index is 13.1. The molecule has 0 radical (unpaired) electrons. The van der Waals surface area contributed by atoms with Gasteiger partial charge in [-0.15, -0.1) is 24.0 Å². The molecule has 0 aliphatic rings. The Hall–Kier alpha value is -1.09. The molecule has 0 bridgehead atoms. The highest BCUT2D eigenvalue weighted by atomic mass is 127. The Balaban J connectivity index is 0.00000324. The van der Waals surface area contributed by atoms with Crippen molar-refractivity contribution >= 4 is 29.9 Å². The maximum Gasteiger partial charge on any atom is 0.189 e. The van der Waals surface area contributed by atoms with Gasteiger partial charge in [-0.25, -0.2) is 9.38 Å². The van der Waals surface area contributed by atoms with Crippen LogP contribution in [0.3, 0.4) is 0 Å². The molecule has 0 spiro atoms. The quantitative estimate of drug-likeness (QED) is 0.410. The first-order valence-corrected chi connectivity index (χ1v) is 5.55. The van der Waals surface area contributed by atoms with Gasteiger partial charge >= 0.3 is 0 Å². The molecule has 0 saturated carbocycles. The number of nitrogens with two attached hydrogens (primary N) is 1. The van der Waals surface area contributed by atoms with Crippen LogP contribution in [0.1, 0.15) is 12.5 Å². The fraction of sp³-hybridized carbons (Fsp3) is 0.417. The molecule has 7 heteroatoms. The first-order valence-electron chi connectivity index (χ1n) is 5.55. The van der Waals surface area contributed by atoms with Crippen molar-refractivity contribution in [2.24, 2.45) is 10.7 Å². The van der Waals surface area contributed by atoms with Crippen molar-refractivity contribution < 1.29 is 14.2 Å². The van der Waals surface area contributed by atoms with E-state index in [-0.39, 0.29) is 48.3 Å². The van der Waals surface area contributed by atoms with E-state index in [4.69, 9.17) is 15.6 Å². The first-order chi connectivity index (χ1) is 8.52. The molecule has 0 saturated heterocycles. The van der Waals surface area contributed by atoms with Crippen molar-refractivity contribution in [3.05, 3.63) is 29.6 Å². The fourth-order valence-corrected chi connectivity index (χ4v) is 1.41.